The summed E-state index contributed by atoms with van der Waals surface area (Å²) in [6.45, 7) is 2.09. The summed E-state index contributed by atoms with van der Waals surface area (Å²) in [5, 5.41) is 10.8. The van der Waals surface area contributed by atoms with E-state index in [0.717, 1.165) is 18.4 Å². The summed E-state index contributed by atoms with van der Waals surface area (Å²) in [6, 6.07) is 9.45. The second-order valence-electron chi connectivity index (χ2n) is 6.60. The van der Waals surface area contributed by atoms with Crippen molar-refractivity contribution in [2.75, 3.05) is 26.2 Å². The van der Waals surface area contributed by atoms with E-state index < -0.39 is 11.7 Å². The van der Waals surface area contributed by atoms with E-state index in [1.807, 2.05) is 30.3 Å². The Morgan fingerprint density at radius 2 is 1.71 bits per heavy atom. The molecule has 0 aromatic heterocycles. The van der Waals surface area contributed by atoms with E-state index >= 15 is 0 Å². The van der Waals surface area contributed by atoms with E-state index in [-0.39, 0.29) is 19.1 Å². The zero-order valence-electron chi connectivity index (χ0n) is 13.8. The van der Waals surface area contributed by atoms with Gasteiger partial charge in [0.05, 0.1) is 6.54 Å². The maximum Gasteiger partial charge on any atom is 0.410 e. The monoisotopic (exact) mass is 332 g/mol. The molecule has 0 radical (unpaired) electrons. The zero-order chi connectivity index (χ0) is 17.0. The van der Waals surface area contributed by atoms with E-state index in [9.17, 15) is 14.7 Å². The second kappa shape index (κ2) is 7.21. The van der Waals surface area contributed by atoms with Crippen LogP contribution in [0.3, 0.4) is 0 Å². The van der Waals surface area contributed by atoms with Crippen LogP contribution in [0.2, 0.25) is 0 Å². The van der Waals surface area contributed by atoms with Crippen LogP contribution in [0.1, 0.15) is 31.2 Å². The highest BCUT2D eigenvalue weighted by molar-refractivity contribution is 5.86. The average Bonchev–Trinajstić information content (AvgIpc) is 3.14. The molecule has 2 aliphatic heterocycles. The molecule has 1 unspecified atom stereocenters. The molecule has 2 amide bonds. The number of aliphatic hydroxyl groups is 1. The third kappa shape index (κ3) is 3.70. The number of β-amino-alcohol motifs (C(OH)–C–C–N with tert-alkyl or cyclic N) is 1. The van der Waals surface area contributed by atoms with Gasteiger partial charge in [-0.2, -0.15) is 0 Å². The highest BCUT2D eigenvalue weighted by Crippen LogP contribution is 2.26. The van der Waals surface area contributed by atoms with Gasteiger partial charge in [0.2, 0.25) is 0 Å². The Bertz CT molecular complexity index is 586. The van der Waals surface area contributed by atoms with Gasteiger partial charge in [-0.25, -0.2) is 4.79 Å². The number of ether oxygens (including phenoxy) is 1. The van der Waals surface area contributed by atoms with Crippen LogP contribution in [-0.4, -0.2) is 58.7 Å². The van der Waals surface area contributed by atoms with E-state index in [4.69, 9.17) is 4.74 Å². The maximum atomic E-state index is 12.6. The number of benzene rings is 1. The molecule has 2 saturated heterocycles. The Labute approximate surface area is 142 Å². The number of carbonyl (C=O) groups is 2. The van der Waals surface area contributed by atoms with Crippen molar-refractivity contribution in [2.24, 2.45) is 0 Å². The van der Waals surface area contributed by atoms with E-state index in [1.54, 1.807) is 4.90 Å². The second-order valence-corrected chi connectivity index (χ2v) is 6.60. The summed E-state index contributed by atoms with van der Waals surface area (Å²) in [5.74, 6) is -0.249. The van der Waals surface area contributed by atoms with Crippen LogP contribution in [0, 0.1) is 0 Å². The maximum absolute atomic E-state index is 12.6. The van der Waals surface area contributed by atoms with E-state index in [0.29, 0.717) is 32.5 Å². The molecule has 0 spiro atoms. The summed E-state index contributed by atoms with van der Waals surface area (Å²) in [7, 11) is 0. The molecular formula is C18H24N2O4. The van der Waals surface area contributed by atoms with Crippen molar-refractivity contribution in [1.82, 2.24) is 9.80 Å². The molecule has 24 heavy (non-hydrogen) atoms. The van der Waals surface area contributed by atoms with Crippen molar-refractivity contribution in [3.63, 3.8) is 0 Å². The van der Waals surface area contributed by atoms with Gasteiger partial charge in [0.1, 0.15) is 6.61 Å². The summed E-state index contributed by atoms with van der Waals surface area (Å²) in [5.41, 5.74) is -0.569. The lowest BCUT2D eigenvalue weighted by atomic mass is 9.91. The van der Waals surface area contributed by atoms with Crippen LogP contribution in [0.4, 0.5) is 4.79 Å². The molecule has 0 saturated carbocycles. The van der Waals surface area contributed by atoms with Gasteiger partial charge >= 0.3 is 6.09 Å². The van der Waals surface area contributed by atoms with Crippen molar-refractivity contribution >= 4 is 12.0 Å². The van der Waals surface area contributed by atoms with Crippen molar-refractivity contribution in [2.45, 2.75) is 37.9 Å². The molecule has 0 bridgehead atoms. The fraction of sp³-hybridized carbons (Fsp3) is 0.556. The minimum Gasteiger partial charge on any atom is -0.445 e. The largest absolute Gasteiger partial charge is 0.445 e. The predicted octanol–water partition coefficient (Wildman–Crippen LogP) is 1.77. The molecule has 6 nitrogen and oxygen atoms in total. The Kier molecular flexibility index (Phi) is 5.04. The molecule has 6 heteroatoms. The Balaban J connectivity index is 1.57. The number of hydrogen-bond acceptors (Lipinski definition) is 4. The topological polar surface area (TPSA) is 70.1 Å². The third-order valence-corrected chi connectivity index (χ3v) is 4.73. The van der Waals surface area contributed by atoms with Crippen molar-refractivity contribution < 1.29 is 19.4 Å². The van der Waals surface area contributed by atoms with Crippen LogP contribution in [-0.2, 0) is 16.1 Å². The molecule has 1 aromatic rings. The van der Waals surface area contributed by atoms with Crippen LogP contribution in [0.15, 0.2) is 30.3 Å². The molecule has 1 N–H and O–H groups in total. The summed E-state index contributed by atoms with van der Waals surface area (Å²) >= 11 is 0. The lowest BCUT2D eigenvalue weighted by molar-refractivity contribution is -0.155. The Hall–Kier alpha value is -2.08. The molecular weight excluding hydrogens is 308 g/mol. The minimum atomic E-state index is -1.48. The first kappa shape index (κ1) is 16.8. The van der Waals surface area contributed by atoms with Gasteiger partial charge in [0.15, 0.2) is 5.60 Å². The first-order chi connectivity index (χ1) is 11.6. The number of rotatable bonds is 3. The first-order valence-electron chi connectivity index (χ1n) is 8.56. The van der Waals surface area contributed by atoms with Gasteiger partial charge in [0.25, 0.3) is 5.91 Å². The smallest absolute Gasteiger partial charge is 0.410 e. The van der Waals surface area contributed by atoms with Crippen molar-refractivity contribution in [1.29, 1.82) is 0 Å². The fourth-order valence-electron chi connectivity index (χ4n) is 3.39. The van der Waals surface area contributed by atoms with Gasteiger partial charge in [-0.1, -0.05) is 30.3 Å². The number of hydrogen-bond donors (Lipinski definition) is 1. The molecule has 3 rings (SSSR count). The average molecular weight is 332 g/mol. The van der Waals surface area contributed by atoms with E-state index in [1.165, 1.54) is 4.90 Å². The van der Waals surface area contributed by atoms with Gasteiger partial charge in [0, 0.05) is 19.6 Å². The van der Waals surface area contributed by atoms with Crippen molar-refractivity contribution in [3.8, 4) is 0 Å². The third-order valence-electron chi connectivity index (χ3n) is 4.73. The van der Waals surface area contributed by atoms with Crippen LogP contribution < -0.4 is 0 Å². The normalized spacial score (nSPS) is 24.0. The number of amides is 2. The highest BCUT2D eigenvalue weighted by Gasteiger charge is 2.44. The lowest BCUT2D eigenvalue weighted by Crippen LogP contribution is -2.58. The number of carbonyl (C=O) groups excluding carboxylic acids is 2. The molecule has 1 aromatic carbocycles. The van der Waals surface area contributed by atoms with Crippen LogP contribution in [0.25, 0.3) is 0 Å². The predicted molar refractivity (Wildman–Crippen MR) is 88.2 cm³/mol. The highest BCUT2D eigenvalue weighted by atomic mass is 16.6. The molecule has 2 aliphatic rings. The number of nitrogens with zero attached hydrogens (tertiary/aromatic N) is 2. The molecule has 2 fully saturated rings. The van der Waals surface area contributed by atoms with Crippen LogP contribution in [0.5, 0.6) is 0 Å². The molecule has 130 valence electrons. The van der Waals surface area contributed by atoms with Gasteiger partial charge in [-0.15, -0.1) is 0 Å². The van der Waals surface area contributed by atoms with Gasteiger partial charge in [-0.05, 0) is 31.2 Å². The summed E-state index contributed by atoms with van der Waals surface area (Å²) < 4.78 is 5.32. The first-order valence-corrected chi connectivity index (χ1v) is 8.56. The molecule has 2 heterocycles. The van der Waals surface area contributed by atoms with Gasteiger partial charge in [-0.3, -0.25) is 4.79 Å². The standard InChI is InChI=1S/C18H24N2O4/c21-16(19-10-4-5-11-19)18(23)9-6-12-20(14-18)17(22)24-13-15-7-2-1-3-8-15/h1-3,7-8,23H,4-6,9-14H2. The SMILES string of the molecule is O=C(OCc1ccccc1)N1CCCC(O)(C(=O)N2CCCC2)C1. The molecule has 0 aliphatic carbocycles. The van der Waals surface area contributed by atoms with Gasteiger partial charge < -0.3 is 19.6 Å². The Morgan fingerprint density at radius 1 is 1.04 bits per heavy atom. The summed E-state index contributed by atoms with van der Waals surface area (Å²) in [6.07, 6.45) is 2.46. The lowest BCUT2D eigenvalue weighted by Gasteiger charge is -2.39. The minimum absolute atomic E-state index is 0.00988. The van der Waals surface area contributed by atoms with E-state index in [2.05, 4.69) is 0 Å². The fourth-order valence-corrected chi connectivity index (χ4v) is 3.39. The molecule has 1 atom stereocenters. The summed E-state index contributed by atoms with van der Waals surface area (Å²) in [4.78, 5) is 28.0. The quantitative estimate of drug-likeness (QED) is 0.916. The van der Waals surface area contributed by atoms with Crippen LogP contribution >= 0.6 is 0 Å². The zero-order valence-corrected chi connectivity index (χ0v) is 13.8. The number of likely N-dealkylation sites (tertiary alicyclic amines) is 2. The number of piperidine rings is 1. The Morgan fingerprint density at radius 3 is 2.42 bits per heavy atom. The van der Waals surface area contributed by atoms with Crippen molar-refractivity contribution in [3.05, 3.63) is 35.9 Å².